The number of halogens is 4. The molecule has 0 aliphatic rings. The fourth-order valence-electron chi connectivity index (χ4n) is 0.226. The molecule has 4 heteroatoms. The van der Waals surface area contributed by atoms with Gasteiger partial charge in [-0.2, -0.15) is 8.78 Å². The molecule has 0 fully saturated rings. The van der Waals surface area contributed by atoms with Gasteiger partial charge >= 0.3 is 5.38 Å². The quantitative estimate of drug-likeness (QED) is 0.497. The highest BCUT2D eigenvalue weighted by Crippen LogP contribution is 2.21. The van der Waals surface area contributed by atoms with E-state index in [2.05, 4.69) is 11.6 Å². The van der Waals surface area contributed by atoms with Crippen LogP contribution in [0.5, 0.6) is 0 Å². The summed E-state index contributed by atoms with van der Waals surface area (Å²) >= 11 is 4.28. The van der Waals surface area contributed by atoms with Gasteiger partial charge in [-0.05, 0) is 18.5 Å². The minimum atomic E-state index is -3.54. The Morgan fingerprint density at radius 1 is 1.62 bits per heavy atom. The Kier molecular flexibility index (Phi) is 2.34. The van der Waals surface area contributed by atoms with Crippen LogP contribution in [-0.2, 0) is 0 Å². The molecule has 0 aromatic rings. The number of alkyl halides is 3. The van der Waals surface area contributed by atoms with Crippen LogP contribution in [0.15, 0.2) is 11.9 Å². The van der Waals surface area contributed by atoms with Gasteiger partial charge in [-0.3, -0.25) is 0 Å². The summed E-state index contributed by atoms with van der Waals surface area (Å²) < 4.78 is 34.3. The van der Waals surface area contributed by atoms with Crippen molar-refractivity contribution in [1.29, 1.82) is 0 Å². The molecule has 0 amide bonds. The van der Waals surface area contributed by atoms with E-state index < -0.39 is 11.2 Å². The molecule has 0 saturated carbocycles. The molecular weight excluding hydrogens is 140 g/mol. The third-order valence-corrected chi connectivity index (χ3v) is 0.472. The van der Waals surface area contributed by atoms with E-state index in [1.54, 1.807) is 0 Å². The van der Waals surface area contributed by atoms with E-state index in [0.717, 1.165) is 6.92 Å². The summed E-state index contributed by atoms with van der Waals surface area (Å²) in [5.74, 6) is -0.981. The van der Waals surface area contributed by atoms with Gasteiger partial charge in [-0.15, -0.1) is 0 Å². The third kappa shape index (κ3) is 5.82. The maximum Gasteiger partial charge on any atom is 0.344 e. The highest BCUT2D eigenvalue weighted by atomic mass is 35.5. The Morgan fingerprint density at radius 2 is 2.00 bits per heavy atom. The second-order valence-electron chi connectivity index (χ2n) is 1.27. The molecule has 0 aromatic carbocycles. The van der Waals surface area contributed by atoms with Gasteiger partial charge in [-0.1, -0.05) is 0 Å². The van der Waals surface area contributed by atoms with E-state index in [9.17, 15) is 13.2 Å². The lowest BCUT2D eigenvalue weighted by molar-refractivity contribution is 0.150. The van der Waals surface area contributed by atoms with Crippen molar-refractivity contribution in [3.63, 3.8) is 0 Å². The molecule has 0 N–H and O–H groups in total. The number of hydrogen-bond acceptors (Lipinski definition) is 0. The van der Waals surface area contributed by atoms with Gasteiger partial charge in [-0.25, -0.2) is 4.39 Å². The van der Waals surface area contributed by atoms with Gasteiger partial charge < -0.3 is 0 Å². The minimum Gasteiger partial charge on any atom is -0.212 e. The lowest BCUT2D eigenvalue weighted by atomic mass is 10.5. The molecule has 0 radical (unpaired) electrons. The smallest absolute Gasteiger partial charge is 0.212 e. The van der Waals surface area contributed by atoms with Crippen molar-refractivity contribution < 1.29 is 13.2 Å². The van der Waals surface area contributed by atoms with Gasteiger partial charge in [0, 0.05) is 6.08 Å². The first-order valence-corrected chi connectivity index (χ1v) is 2.21. The zero-order valence-electron chi connectivity index (χ0n) is 4.09. The van der Waals surface area contributed by atoms with Crippen LogP contribution < -0.4 is 0 Å². The van der Waals surface area contributed by atoms with Crippen LogP contribution in [0.4, 0.5) is 13.2 Å². The van der Waals surface area contributed by atoms with E-state index in [1.165, 1.54) is 0 Å². The molecule has 0 unspecified atom stereocenters. The van der Waals surface area contributed by atoms with Crippen LogP contribution in [0.25, 0.3) is 0 Å². The minimum absolute atomic E-state index is 0.0363. The Balaban J connectivity index is 3.89. The van der Waals surface area contributed by atoms with E-state index in [-0.39, 0.29) is 6.08 Å². The van der Waals surface area contributed by atoms with Crippen molar-refractivity contribution in [3.8, 4) is 0 Å². The second-order valence-corrected chi connectivity index (χ2v) is 1.78. The molecule has 0 aliphatic carbocycles. The third-order valence-electron chi connectivity index (χ3n) is 0.363. The van der Waals surface area contributed by atoms with Crippen molar-refractivity contribution >= 4 is 11.6 Å². The molecule has 0 saturated heterocycles. The molecule has 0 nitrogen and oxygen atoms in total. The average molecular weight is 145 g/mol. The van der Waals surface area contributed by atoms with Gasteiger partial charge in [0.15, 0.2) is 0 Å². The van der Waals surface area contributed by atoms with Gasteiger partial charge in [0.25, 0.3) is 0 Å². The molecular formula is C4H4ClF3. The summed E-state index contributed by atoms with van der Waals surface area (Å²) in [6.07, 6.45) is 0.0363. The van der Waals surface area contributed by atoms with Crippen LogP contribution in [0, 0.1) is 0 Å². The fourth-order valence-corrected chi connectivity index (χ4v) is 0.376. The summed E-state index contributed by atoms with van der Waals surface area (Å²) in [7, 11) is 0. The molecule has 0 heterocycles. The molecule has 0 bridgehead atoms. The second kappa shape index (κ2) is 2.40. The molecule has 0 spiro atoms. The van der Waals surface area contributed by atoms with E-state index in [0.29, 0.717) is 0 Å². The zero-order valence-corrected chi connectivity index (χ0v) is 4.85. The topological polar surface area (TPSA) is 0 Å². The summed E-state index contributed by atoms with van der Waals surface area (Å²) in [4.78, 5) is 0. The SMILES string of the molecule is CC(F)=CC(F)(F)Cl. The highest BCUT2D eigenvalue weighted by Gasteiger charge is 2.20. The van der Waals surface area contributed by atoms with Gasteiger partial charge in [0.2, 0.25) is 0 Å². The number of rotatable bonds is 1. The molecule has 0 aliphatic heterocycles. The van der Waals surface area contributed by atoms with E-state index >= 15 is 0 Å². The van der Waals surface area contributed by atoms with Crippen LogP contribution >= 0.6 is 11.6 Å². The summed E-state index contributed by atoms with van der Waals surface area (Å²) in [6, 6.07) is 0. The number of allylic oxidation sites excluding steroid dienone is 2. The molecule has 0 aromatic heterocycles. The Labute approximate surface area is 49.9 Å². The molecule has 0 rings (SSSR count). The van der Waals surface area contributed by atoms with Crippen molar-refractivity contribution in [2.24, 2.45) is 0 Å². The predicted molar refractivity (Wildman–Crippen MR) is 25.7 cm³/mol. The Hall–Kier alpha value is -0.180. The normalized spacial score (nSPS) is 14.4. The highest BCUT2D eigenvalue weighted by molar-refractivity contribution is 6.22. The lowest BCUT2D eigenvalue weighted by Crippen LogP contribution is -1.98. The fraction of sp³-hybridized carbons (Fsp3) is 0.500. The van der Waals surface area contributed by atoms with E-state index in [1.807, 2.05) is 0 Å². The summed E-state index contributed by atoms with van der Waals surface area (Å²) in [5.41, 5.74) is 0. The average Bonchev–Trinajstić information content (AvgIpc) is 1.21. The molecule has 0 atom stereocenters. The maximum atomic E-state index is 11.5. The van der Waals surface area contributed by atoms with Crippen LogP contribution in [-0.4, -0.2) is 5.38 Å². The monoisotopic (exact) mass is 144 g/mol. The Morgan fingerprint density at radius 3 is 2.00 bits per heavy atom. The first kappa shape index (κ1) is 7.82. The largest absolute Gasteiger partial charge is 0.344 e. The summed E-state index contributed by atoms with van der Waals surface area (Å²) in [5, 5.41) is -3.54. The van der Waals surface area contributed by atoms with Crippen molar-refractivity contribution in [2.45, 2.75) is 12.3 Å². The zero-order chi connectivity index (χ0) is 6.78. The molecule has 48 valence electrons. The van der Waals surface area contributed by atoms with Gasteiger partial charge in [0.05, 0.1) is 0 Å². The first-order valence-electron chi connectivity index (χ1n) is 1.83. The number of hydrogen-bond donors (Lipinski definition) is 0. The lowest BCUT2D eigenvalue weighted by Gasteiger charge is -1.97. The van der Waals surface area contributed by atoms with Crippen LogP contribution in [0.1, 0.15) is 6.92 Å². The standard InChI is InChI=1S/C4H4ClF3/c1-3(6)2-4(5,7)8/h2H,1H3. The van der Waals surface area contributed by atoms with Crippen LogP contribution in [0.3, 0.4) is 0 Å². The summed E-state index contributed by atoms with van der Waals surface area (Å²) in [6.45, 7) is 0.899. The van der Waals surface area contributed by atoms with Crippen molar-refractivity contribution in [3.05, 3.63) is 11.9 Å². The van der Waals surface area contributed by atoms with Crippen LogP contribution in [0.2, 0.25) is 0 Å². The van der Waals surface area contributed by atoms with Crippen molar-refractivity contribution in [1.82, 2.24) is 0 Å². The van der Waals surface area contributed by atoms with Gasteiger partial charge in [0.1, 0.15) is 5.83 Å². The first-order chi connectivity index (χ1) is 3.42. The Bertz CT molecular complexity index is 98.3. The molecule has 8 heavy (non-hydrogen) atoms. The maximum absolute atomic E-state index is 11.5. The van der Waals surface area contributed by atoms with Crippen molar-refractivity contribution in [2.75, 3.05) is 0 Å². The van der Waals surface area contributed by atoms with E-state index in [4.69, 9.17) is 0 Å². The predicted octanol–water partition coefficient (Wildman–Crippen LogP) is 2.69.